The molecular formula is C49H48N4O2. The van der Waals surface area contributed by atoms with Crippen LogP contribution in [0.25, 0.3) is 50.7 Å². The summed E-state index contributed by atoms with van der Waals surface area (Å²) in [4.78, 5) is 19.1. The van der Waals surface area contributed by atoms with Crippen molar-refractivity contribution in [2.45, 2.75) is 78.6 Å². The minimum atomic E-state index is -0.218. The summed E-state index contributed by atoms with van der Waals surface area (Å²) in [7, 11) is 0. The van der Waals surface area contributed by atoms with Crippen molar-refractivity contribution in [2.75, 3.05) is 0 Å². The normalized spacial score (nSPS) is 14.0. The first kappa shape index (κ1) is 36.0. The van der Waals surface area contributed by atoms with Gasteiger partial charge in [0.05, 0.1) is 34.2 Å². The minimum Gasteiger partial charge on any atom is -0.507 e. The molecule has 6 aromatic rings. The topological polar surface area (TPSA) is 94.4 Å². The van der Waals surface area contributed by atoms with Crippen molar-refractivity contribution in [2.24, 2.45) is 4.99 Å². The summed E-state index contributed by atoms with van der Waals surface area (Å²) >= 11 is 0. The SMILES string of the molecule is CC(C)(C)c1ccc(C2=C3C=CC(=N3)c3cc(C(C)(C)C)cc(c3O)-c3cccc(n3)-c3cccc(n3)-c3cc(C(C)(C)C)cc(c3O)-c3ccc2[nH]3)cc1. The Morgan fingerprint density at radius 3 is 1.49 bits per heavy atom. The first-order chi connectivity index (χ1) is 26.0. The molecule has 55 heavy (non-hydrogen) atoms. The van der Waals surface area contributed by atoms with Gasteiger partial charge in [0.2, 0.25) is 0 Å². The molecule has 0 amide bonds. The monoisotopic (exact) mass is 724 g/mol. The molecule has 0 aliphatic carbocycles. The fourth-order valence-electron chi connectivity index (χ4n) is 7.31. The number of hydrogen-bond acceptors (Lipinski definition) is 5. The number of nitrogens with zero attached hydrogens (tertiary/aromatic N) is 3. The Morgan fingerprint density at radius 1 is 0.473 bits per heavy atom. The van der Waals surface area contributed by atoms with Gasteiger partial charge in [-0.2, -0.15) is 0 Å². The van der Waals surface area contributed by atoms with Crippen LogP contribution in [0.1, 0.15) is 95.8 Å². The van der Waals surface area contributed by atoms with Crippen molar-refractivity contribution < 1.29 is 10.2 Å². The number of aliphatic imine (C=N–C) groups is 1. The molecule has 8 rings (SSSR count). The maximum absolute atomic E-state index is 12.1. The number of fused-ring (bicyclic) bond motifs is 16. The molecule has 0 radical (unpaired) electrons. The number of allylic oxidation sites excluding steroid dienone is 2. The van der Waals surface area contributed by atoms with Crippen LogP contribution in [0.15, 0.2) is 120 Å². The Bertz CT molecular complexity index is 2600. The van der Waals surface area contributed by atoms with Crippen LogP contribution >= 0.6 is 0 Å². The molecule has 0 spiro atoms. The predicted octanol–water partition coefficient (Wildman–Crippen LogP) is 11.9. The molecule has 2 aliphatic rings. The predicted molar refractivity (Wildman–Crippen MR) is 226 cm³/mol. The molecule has 0 fully saturated rings. The zero-order valence-electron chi connectivity index (χ0n) is 33.1. The highest BCUT2D eigenvalue weighted by Crippen LogP contribution is 2.44. The maximum Gasteiger partial charge on any atom is 0.134 e. The fourth-order valence-corrected chi connectivity index (χ4v) is 7.31. The Labute approximate surface area is 324 Å². The van der Waals surface area contributed by atoms with E-state index >= 15 is 0 Å². The lowest BCUT2D eigenvalue weighted by molar-refractivity contribution is 0.474. The van der Waals surface area contributed by atoms with Crippen molar-refractivity contribution in [1.82, 2.24) is 15.0 Å². The molecule has 6 nitrogen and oxygen atoms in total. The number of aromatic nitrogens is 3. The molecule has 3 N–H and O–H groups in total. The summed E-state index contributed by atoms with van der Waals surface area (Å²) in [6, 6.07) is 32.6. The van der Waals surface area contributed by atoms with Crippen molar-refractivity contribution >= 4 is 11.3 Å². The first-order valence-electron chi connectivity index (χ1n) is 19.0. The highest BCUT2D eigenvalue weighted by atomic mass is 16.3. The third kappa shape index (κ3) is 6.60. The molecular weight excluding hydrogens is 677 g/mol. The van der Waals surface area contributed by atoms with Gasteiger partial charge in [-0.05, 0) is 111 Å². The van der Waals surface area contributed by atoms with Crippen LogP contribution in [-0.2, 0) is 16.2 Å². The molecule has 6 heteroatoms. The number of aromatic hydroxyl groups is 2. The standard InChI is InChI=1S/C49H48N4O2/c1-47(2,3)29-18-16-28(17-19-29)44-42-22-20-38(52-42)34-26-30(48(4,5)6)24-32(45(34)54)36-12-10-14-40(50-36)41-15-11-13-37(51-41)33-25-31(49(7,8)9)27-35(46(33)55)39-21-23-43(44)53-39/h10-27,52,54-55H,1-9H3. The number of nitrogens with one attached hydrogen (secondary N) is 1. The Kier molecular flexibility index (Phi) is 8.38. The molecule has 0 atom stereocenters. The molecule has 0 unspecified atom stereocenters. The van der Waals surface area contributed by atoms with E-state index in [1.54, 1.807) is 0 Å². The van der Waals surface area contributed by atoms with Gasteiger partial charge in [-0.25, -0.2) is 15.0 Å². The largest absolute Gasteiger partial charge is 0.507 e. The van der Waals surface area contributed by atoms with Crippen LogP contribution in [0.4, 0.5) is 0 Å². The summed E-state index contributed by atoms with van der Waals surface area (Å²) < 4.78 is 0. The van der Waals surface area contributed by atoms with Gasteiger partial charge in [0.25, 0.3) is 0 Å². The second-order valence-electron chi connectivity index (χ2n) is 17.9. The average molecular weight is 725 g/mol. The smallest absolute Gasteiger partial charge is 0.134 e. The summed E-state index contributed by atoms with van der Waals surface area (Å²) in [6.45, 7) is 19.7. The van der Waals surface area contributed by atoms with Crippen LogP contribution in [0.2, 0.25) is 0 Å². The molecule has 3 aromatic heterocycles. The number of hydrogen-bond donors (Lipinski definition) is 3. The molecule has 12 bridgehead atoms. The molecule has 3 aromatic carbocycles. The zero-order chi connectivity index (χ0) is 39.0. The van der Waals surface area contributed by atoms with Gasteiger partial charge in [0, 0.05) is 39.2 Å². The Hall–Kier alpha value is -6.01. The maximum atomic E-state index is 12.1. The highest BCUT2D eigenvalue weighted by Gasteiger charge is 2.27. The number of benzene rings is 3. The Morgan fingerprint density at radius 2 is 0.945 bits per heavy atom. The lowest BCUT2D eigenvalue weighted by Gasteiger charge is -2.22. The van der Waals surface area contributed by atoms with Gasteiger partial charge in [-0.1, -0.05) is 98.7 Å². The number of rotatable bonds is 1. The van der Waals surface area contributed by atoms with E-state index in [0.29, 0.717) is 50.7 Å². The van der Waals surface area contributed by atoms with Gasteiger partial charge in [-0.3, -0.25) is 0 Å². The molecule has 0 saturated carbocycles. The number of phenols is 2. The summed E-state index contributed by atoms with van der Waals surface area (Å²) in [5.41, 5.74) is 13.1. The minimum absolute atomic E-state index is 0.00512. The molecule has 276 valence electrons. The van der Waals surface area contributed by atoms with Crippen molar-refractivity contribution in [3.05, 3.63) is 148 Å². The first-order valence-corrected chi connectivity index (χ1v) is 19.0. The van der Waals surface area contributed by atoms with E-state index in [1.807, 2.05) is 66.7 Å². The third-order valence-corrected chi connectivity index (χ3v) is 10.7. The van der Waals surface area contributed by atoms with Gasteiger partial charge in [0.1, 0.15) is 11.5 Å². The zero-order valence-corrected chi connectivity index (χ0v) is 33.1. The quantitative estimate of drug-likeness (QED) is 0.157. The van der Waals surface area contributed by atoms with Crippen LogP contribution in [-0.4, -0.2) is 30.9 Å². The van der Waals surface area contributed by atoms with E-state index in [0.717, 1.165) is 39.3 Å². The van der Waals surface area contributed by atoms with E-state index in [2.05, 4.69) is 110 Å². The van der Waals surface area contributed by atoms with Crippen LogP contribution < -0.4 is 0 Å². The molecule has 2 aliphatic heterocycles. The summed E-state index contributed by atoms with van der Waals surface area (Å²) in [6.07, 6.45) is 4.01. The van der Waals surface area contributed by atoms with E-state index in [1.165, 1.54) is 5.56 Å². The van der Waals surface area contributed by atoms with Gasteiger partial charge in [0.15, 0.2) is 0 Å². The fraction of sp³-hybridized carbons (Fsp3) is 0.245. The second kappa shape index (κ2) is 12.8. The van der Waals surface area contributed by atoms with Crippen molar-refractivity contribution in [3.8, 4) is 56.7 Å². The second-order valence-corrected chi connectivity index (χ2v) is 17.9. The van der Waals surface area contributed by atoms with Gasteiger partial charge >= 0.3 is 0 Å². The number of pyridine rings is 2. The van der Waals surface area contributed by atoms with Gasteiger partial charge in [-0.15, -0.1) is 0 Å². The number of H-pyrrole nitrogens is 1. The van der Waals surface area contributed by atoms with E-state index in [4.69, 9.17) is 15.0 Å². The number of phenolic OH excluding ortho intramolecular Hbond substituents is 2. The lowest BCUT2D eigenvalue weighted by Crippen LogP contribution is -2.13. The third-order valence-electron chi connectivity index (χ3n) is 10.7. The average Bonchev–Trinajstić information content (AvgIpc) is 3.82. The van der Waals surface area contributed by atoms with Crippen LogP contribution in [0.3, 0.4) is 0 Å². The van der Waals surface area contributed by atoms with Crippen molar-refractivity contribution in [3.63, 3.8) is 0 Å². The van der Waals surface area contributed by atoms with E-state index < -0.39 is 0 Å². The lowest BCUT2D eigenvalue weighted by atomic mass is 9.83. The Balaban J connectivity index is 1.46. The van der Waals surface area contributed by atoms with E-state index in [-0.39, 0.29) is 27.7 Å². The molecule has 0 saturated heterocycles. The van der Waals surface area contributed by atoms with Gasteiger partial charge < -0.3 is 15.2 Å². The van der Waals surface area contributed by atoms with Crippen LogP contribution in [0.5, 0.6) is 11.5 Å². The summed E-state index contributed by atoms with van der Waals surface area (Å²) in [5.74, 6) is 0.266. The van der Waals surface area contributed by atoms with Crippen molar-refractivity contribution in [1.29, 1.82) is 0 Å². The van der Waals surface area contributed by atoms with E-state index in [9.17, 15) is 10.2 Å². The highest BCUT2D eigenvalue weighted by molar-refractivity contribution is 6.15. The number of aromatic amines is 1. The molecule has 5 heterocycles. The van der Waals surface area contributed by atoms with Crippen LogP contribution in [0, 0.1) is 0 Å². The summed E-state index contributed by atoms with van der Waals surface area (Å²) in [5, 5.41) is 24.2.